The minimum absolute atomic E-state index is 0.138. The van der Waals surface area contributed by atoms with Crippen LogP contribution in [0.3, 0.4) is 0 Å². The Morgan fingerprint density at radius 2 is 1.69 bits per heavy atom. The van der Waals surface area contributed by atoms with Gasteiger partial charge >= 0.3 is 0 Å². The average molecular weight is 390 g/mol. The Bertz CT molecular complexity index is 974. The quantitative estimate of drug-likeness (QED) is 0.624. The monoisotopic (exact) mass is 390 g/mol. The van der Waals surface area contributed by atoms with E-state index in [1.54, 1.807) is 6.92 Å². The van der Waals surface area contributed by atoms with Crippen molar-refractivity contribution in [3.63, 3.8) is 0 Å². The second kappa shape index (κ2) is 8.56. The van der Waals surface area contributed by atoms with Crippen molar-refractivity contribution in [2.75, 3.05) is 17.4 Å². The van der Waals surface area contributed by atoms with E-state index in [-0.39, 0.29) is 12.7 Å². The maximum atomic E-state index is 12.5. The van der Waals surface area contributed by atoms with Gasteiger partial charge in [-0.1, -0.05) is 30.3 Å². The van der Waals surface area contributed by atoms with E-state index in [0.717, 1.165) is 17.0 Å². The van der Waals surface area contributed by atoms with Crippen molar-refractivity contribution >= 4 is 17.3 Å². The molecule has 2 N–H and O–H groups in total. The molecule has 148 valence electrons. The molecule has 0 bridgehead atoms. The lowest BCUT2D eigenvalue weighted by Gasteiger charge is -2.16. The number of anilines is 2. The van der Waals surface area contributed by atoms with Crippen LogP contribution in [-0.4, -0.2) is 18.7 Å². The highest BCUT2D eigenvalue weighted by Crippen LogP contribution is 2.34. The molecule has 29 heavy (non-hydrogen) atoms. The normalized spacial score (nSPS) is 12.9. The summed E-state index contributed by atoms with van der Waals surface area (Å²) in [5.74, 6) is 2.00. The van der Waals surface area contributed by atoms with Gasteiger partial charge in [-0.2, -0.15) is 0 Å². The molecule has 0 aliphatic carbocycles. The van der Waals surface area contributed by atoms with E-state index in [0.29, 0.717) is 23.8 Å². The number of nitrogens with one attached hydrogen (secondary N) is 2. The number of hydrogen-bond acceptors (Lipinski definition) is 5. The van der Waals surface area contributed by atoms with Gasteiger partial charge in [0.25, 0.3) is 0 Å². The zero-order valence-electron chi connectivity index (χ0n) is 16.1. The van der Waals surface area contributed by atoms with Gasteiger partial charge in [0.15, 0.2) is 11.5 Å². The fraction of sp³-hybridized carbons (Fsp3) is 0.174. The topological polar surface area (TPSA) is 68.8 Å². The van der Waals surface area contributed by atoms with Crippen LogP contribution in [0.5, 0.6) is 17.2 Å². The number of carbonyl (C=O) groups excluding carboxylic acids is 1. The van der Waals surface area contributed by atoms with Crippen LogP contribution in [0.1, 0.15) is 12.5 Å². The summed E-state index contributed by atoms with van der Waals surface area (Å²) in [4.78, 5) is 12.5. The number of benzene rings is 3. The first-order valence-electron chi connectivity index (χ1n) is 9.41. The van der Waals surface area contributed by atoms with Crippen molar-refractivity contribution in [2.24, 2.45) is 0 Å². The molecule has 4 rings (SSSR count). The van der Waals surface area contributed by atoms with Crippen LogP contribution in [0.15, 0.2) is 72.8 Å². The van der Waals surface area contributed by atoms with Gasteiger partial charge in [0, 0.05) is 17.4 Å². The molecule has 0 fully saturated rings. The van der Waals surface area contributed by atoms with Crippen molar-refractivity contribution in [2.45, 2.75) is 19.6 Å². The minimum atomic E-state index is -0.427. The first kappa shape index (κ1) is 18.7. The van der Waals surface area contributed by atoms with Gasteiger partial charge in [0.1, 0.15) is 18.4 Å². The summed E-state index contributed by atoms with van der Waals surface area (Å²) in [5, 5.41) is 6.07. The summed E-state index contributed by atoms with van der Waals surface area (Å²) in [6.45, 7) is 2.53. The second-order valence-electron chi connectivity index (χ2n) is 6.72. The molecule has 0 aromatic heterocycles. The van der Waals surface area contributed by atoms with Crippen LogP contribution in [-0.2, 0) is 11.4 Å². The minimum Gasteiger partial charge on any atom is -0.489 e. The highest BCUT2D eigenvalue weighted by molar-refractivity contribution is 5.96. The molecule has 0 saturated heterocycles. The summed E-state index contributed by atoms with van der Waals surface area (Å²) in [6.07, 6.45) is 0. The number of fused-ring (bicyclic) bond motifs is 1. The van der Waals surface area contributed by atoms with Gasteiger partial charge in [-0.3, -0.25) is 4.79 Å². The second-order valence-corrected chi connectivity index (χ2v) is 6.72. The lowest BCUT2D eigenvalue weighted by molar-refractivity contribution is -0.116. The molecular weight excluding hydrogens is 368 g/mol. The molecule has 0 radical (unpaired) electrons. The Morgan fingerprint density at radius 3 is 2.48 bits per heavy atom. The zero-order valence-corrected chi connectivity index (χ0v) is 16.1. The van der Waals surface area contributed by atoms with E-state index >= 15 is 0 Å². The number of carbonyl (C=O) groups is 1. The maximum absolute atomic E-state index is 12.5. The van der Waals surface area contributed by atoms with Gasteiger partial charge < -0.3 is 24.8 Å². The molecular formula is C23H22N2O4. The molecule has 1 amide bonds. The molecule has 6 heteroatoms. The number of hydrogen-bond donors (Lipinski definition) is 2. The fourth-order valence-corrected chi connectivity index (χ4v) is 2.93. The number of ether oxygens (including phenoxy) is 3. The summed E-state index contributed by atoms with van der Waals surface area (Å²) in [7, 11) is 0. The van der Waals surface area contributed by atoms with E-state index in [4.69, 9.17) is 14.2 Å². The van der Waals surface area contributed by atoms with Crippen LogP contribution >= 0.6 is 0 Å². The lowest BCUT2D eigenvalue weighted by Crippen LogP contribution is -2.31. The van der Waals surface area contributed by atoms with E-state index in [1.165, 1.54) is 0 Å². The van der Waals surface area contributed by atoms with Crippen LogP contribution in [0.25, 0.3) is 0 Å². The molecule has 1 unspecified atom stereocenters. The molecule has 0 saturated carbocycles. The Hall–Kier alpha value is -3.67. The Balaban J connectivity index is 1.29. The molecule has 0 spiro atoms. The third-order valence-electron chi connectivity index (χ3n) is 4.52. The highest BCUT2D eigenvalue weighted by atomic mass is 16.7. The Morgan fingerprint density at radius 1 is 0.966 bits per heavy atom. The number of rotatable bonds is 7. The van der Waals surface area contributed by atoms with Crippen LogP contribution in [0, 0.1) is 0 Å². The van der Waals surface area contributed by atoms with Gasteiger partial charge in [-0.15, -0.1) is 0 Å². The molecule has 3 aromatic rings. The number of amides is 1. The molecule has 1 atom stereocenters. The van der Waals surface area contributed by atoms with Crippen LogP contribution in [0.2, 0.25) is 0 Å². The van der Waals surface area contributed by atoms with Crippen molar-refractivity contribution < 1.29 is 19.0 Å². The first-order chi connectivity index (χ1) is 14.2. The van der Waals surface area contributed by atoms with E-state index in [2.05, 4.69) is 10.6 Å². The highest BCUT2D eigenvalue weighted by Gasteiger charge is 2.17. The molecule has 1 aliphatic heterocycles. The zero-order chi connectivity index (χ0) is 20.1. The first-order valence-corrected chi connectivity index (χ1v) is 9.41. The predicted molar refractivity (Wildman–Crippen MR) is 111 cm³/mol. The summed E-state index contributed by atoms with van der Waals surface area (Å²) >= 11 is 0. The van der Waals surface area contributed by atoms with Gasteiger partial charge in [0.2, 0.25) is 12.7 Å². The van der Waals surface area contributed by atoms with Crippen molar-refractivity contribution in [1.82, 2.24) is 0 Å². The van der Waals surface area contributed by atoms with Crippen molar-refractivity contribution in [3.05, 3.63) is 78.4 Å². The van der Waals surface area contributed by atoms with Crippen LogP contribution < -0.4 is 24.8 Å². The van der Waals surface area contributed by atoms with Gasteiger partial charge in [-0.25, -0.2) is 0 Å². The van der Waals surface area contributed by atoms with Crippen LogP contribution in [0.4, 0.5) is 11.4 Å². The maximum Gasteiger partial charge on any atom is 0.246 e. The summed E-state index contributed by atoms with van der Waals surface area (Å²) in [5.41, 5.74) is 2.61. The van der Waals surface area contributed by atoms with Gasteiger partial charge in [-0.05, 0) is 48.9 Å². The lowest BCUT2D eigenvalue weighted by atomic mass is 10.2. The average Bonchev–Trinajstić information content (AvgIpc) is 3.22. The predicted octanol–water partition coefficient (Wildman–Crippen LogP) is 4.43. The SMILES string of the molecule is CC(Nc1ccc2c(c1)OCO2)C(=O)Nc1ccc(OCc2ccccc2)cc1. The Kier molecular flexibility index (Phi) is 5.52. The van der Waals surface area contributed by atoms with E-state index in [9.17, 15) is 4.79 Å². The van der Waals surface area contributed by atoms with Crippen molar-refractivity contribution in [3.8, 4) is 17.2 Å². The largest absolute Gasteiger partial charge is 0.489 e. The smallest absolute Gasteiger partial charge is 0.246 e. The molecule has 6 nitrogen and oxygen atoms in total. The molecule has 3 aromatic carbocycles. The van der Waals surface area contributed by atoms with E-state index < -0.39 is 6.04 Å². The molecule has 1 aliphatic rings. The standard InChI is InChI=1S/C23H22N2O4/c1-16(24-19-9-12-21-22(13-19)29-15-28-21)23(26)25-18-7-10-20(11-8-18)27-14-17-5-3-2-4-6-17/h2-13,16,24H,14-15H2,1H3,(H,25,26). The fourth-order valence-electron chi connectivity index (χ4n) is 2.93. The van der Waals surface area contributed by atoms with E-state index in [1.807, 2.05) is 72.8 Å². The van der Waals surface area contributed by atoms with Gasteiger partial charge in [0.05, 0.1) is 0 Å². The third-order valence-corrected chi connectivity index (χ3v) is 4.52. The summed E-state index contributed by atoms with van der Waals surface area (Å²) < 4.78 is 16.4. The van der Waals surface area contributed by atoms with Crippen molar-refractivity contribution in [1.29, 1.82) is 0 Å². The Labute approximate surface area is 169 Å². The third kappa shape index (κ3) is 4.79. The summed E-state index contributed by atoms with van der Waals surface area (Å²) in [6, 6.07) is 22.4. The molecule has 1 heterocycles.